The minimum absolute atomic E-state index is 0.0435. The summed E-state index contributed by atoms with van der Waals surface area (Å²) in [5.74, 6) is 0.553. The van der Waals surface area contributed by atoms with Crippen molar-refractivity contribution in [2.24, 2.45) is 11.3 Å². The second-order valence-electron chi connectivity index (χ2n) is 5.42. The molecule has 0 aromatic rings. The van der Waals surface area contributed by atoms with Crippen LogP contribution in [0.5, 0.6) is 0 Å². The van der Waals surface area contributed by atoms with E-state index in [0.717, 1.165) is 16.9 Å². The third-order valence-electron chi connectivity index (χ3n) is 3.20. The van der Waals surface area contributed by atoms with E-state index in [1.165, 1.54) is 6.42 Å². The molecule has 0 heterocycles. The molecule has 0 aromatic heterocycles. The molecule has 0 saturated carbocycles. The predicted molar refractivity (Wildman–Crippen MR) is 68.9 cm³/mol. The second kappa shape index (κ2) is 6.66. The van der Waals surface area contributed by atoms with Gasteiger partial charge in [0.1, 0.15) is 16.8 Å². The molecule has 3 heteroatoms. The molecule has 15 heavy (non-hydrogen) atoms. The number of hydrogen-bond donors (Lipinski definition) is 0. The molecule has 0 N–H and O–H groups in total. The molecular formula is C12H28O2Si. The standard InChI is InChI=1S/C12H28O2Si/c1-7-8-11(13-10(3)14-15)9(2)12(4,5)6/h9-11H,7-8H2,1-6,15H3. The van der Waals surface area contributed by atoms with Crippen LogP contribution in [0.15, 0.2) is 0 Å². The first-order valence-corrected chi connectivity index (χ1v) is 6.82. The van der Waals surface area contributed by atoms with Gasteiger partial charge in [-0.3, -0.25) is 0 Å². The maximum Gasteiger partial charge on any atom is 0.149 e. The predicted octanol–water partition coefficient (Wildman–Crippen LogP) is 2.50. The topological polar surface area (TPSA) is 18.5 Å². The molecule has 0 amide bonds. The fourth-order valence-electron chi connectivity index (χ4n) is 1.58. The molecule has 0 aromatic carbocycles. The van der Waals surface area contributed by atoms with Gasteiger partial charge in [-0.25, -0.2) is 0 Å². The van der Waals surface area contributed by atoms with Crippen molar-refractivity contribution in [2.75, 3.05) is 0 Å². The average molecular weight is 232 g/mol. The molecule has 0 spiro atoms. The molecule has 92 valence electrons. The quantitative estimate of drug-likeness (QED) is 0.517. The summed E-state index contributed by atoms with van der Waals surface area (Å²) in [6, 6.07) is 0. The molecule has 3 unspecified atom stereocenters. The van der Waals surface area contributed by atoms with Gasteiger partial charge in [-0.2, -0.15) is 0 Å². The van der Waals surface area contributed by atoms with Crippen LogP contribution in [0.1, 0.15) is 54.4 Å². The van der Waals surface area contributed by atoms with Gasteiger partial charge in [0.15, 0.2) is 0 Å². The molecular weight excluding hydrogens is 204 g/mol. The van der Waals surface area contributed by atoms with Crippen LogP contribution in [0.2, 0.25) is 0 Å². The molecule has 0 aliphatic carbocycles. The van der Waals surface area contributed by atoms with E-state index >= 15 is 0 Å². The first-order chi connectivity index (χ1) is 6.82. The number of hydrogen-bond acceptors (Lipinski definition) is 2. The molecule has 0 radical (unpaired) electrons. The van der Waals surface area contributed by atoms with Gasteiger partial charge in [-0.1, -0.05) is 41.0 Å². The Hall–Kier alpha value is 0.137. The molecule has 2 nitrogen and oxygen atoms in total. The largest absolute Gasteiger partial charge is 0.404 e. The fourth-order valence-corrected chi connectivity index (χ4v) is 1.69. The van der Waals surface area contributed by atoms with Gasteiger partial charge in [0.2, 0.25) is 0 Å². The van der Waals surface area contributed by atoms with Crippen molar-refractivity contribution in [2.45, 2.75) is 66.8 Å². The lowest BCUT2D eigenvalue weighted by Gasteiger charge is -2.35. The normalized spacial score (nSPS) is 18.8. The van der Waals surface area contributed by atoms with Gasteiger partial charge in [-0.15, -0.1) is 0 Å². The van der Waals surface area contributed by atoms with Gasteiger partial charge < -0.3 is 9.16 Å². The van der Waals surface area contributed by atoms with Gasteiger partial charge >= 0.3 is 0 Å². The highest BCUT2D eigenvalue weighted by molar-refractivity contribution is 5.98. The van der Waals surface area contributed by atoms with Crippen LogP contribution in [-0.4, -0.2) is 22.9 Å². The molecule has 3 atom stereocenters. The Morgan fingerprint density at radius 1 is 1.20 bits per heavy atom. The fraction of sp³-hybridized carbons (Fsp3) is 1.00. The van der Waals surface area contributed by atoms with E-state index in [-0.39, 0.29) is 6.29 Å². The van der Waals surface area contributed by atoms with E-state index in [4.69, 9.17) is 9.16 Å². The van der Waals surface area contributed by atoms with Crippen molar-refractivity contribution in [3.05, 3.63) is 0 Å². The molecule has 0 saturated heterocycles. The molecule has 0 aliphatic heterocycles. The maximum absolute atomic E-state index is 5.94. The summed E-state index contributed by atoms with van der Waals surface area (Å²) in [6.07, 6.45) is 2.56. The minimum Gasteiger partial charge on any atom is -0.404 e. The Morgan fingerprint density at radius 3 is 2.07 bits per heavy atom. The van der Waals surface area contributed by atoms with E-state index < -0.39 is 0 Å². The van der Waals surface area contributed by atoms with E-state index in [2.05, 4.69) is 34.6 Å². The zero-order valence-corrected chi connectivity index (χ0v) is 13.5. The summed E-state index contributed by atoms with van der Waals surface area (Å²) < 4.78 is 11.2. The maximum atomic E-state index is 5.94. The second-order valence-corrected chi connectivity index (χ2v) is 5.89. The van der Waals surface area contributed by atoms with Crippen LogP contribution in [0.3, 0.4) is 0 Å². The molecule has 0 rings (SSSR count). The van der Waals surface area contributed by atoms with Crippen molar-refractivity contribution in [3.63, 3.8) is 0 Å². The van der Waals surface area contributed by atoms with Gasteiger partial charge in [0, 0.05) is 0 Å². The van der Waals surface area contributed by atoms with Crippen molar-refractivity contribution >= 4 is 10.5 Å². The lowest BCUT2D eigenvalue weighted by Crippen LogP contribution is -2.34. The van der Waals surface area contributed by atoms with Crippen LogP contribution in [-0.2, 0) is 9.16 Å². The Labute approximate surface area is 98.3 Å². The summed E-state index contributed by atoms with van der Waals surface area (Å²) >= 11 is 0. The van der Waals surface area contributed by atoms with Crippen LogP contribution in [0.25, 0.3) is 0 Å². The lowest BCUT2D eigenvalue weighted by molar-refractivity contribution is -0.136. The van der Waals surface area contributed by atoms with Crippen LogP contribution in [0, 0.1) is 11.3 Å². The summed E-state index contributed by atoms with van der Waals surface area (Å²) in [5.41, 5.74) is 0.296. The van der Waals surface area contributed by atoms with Gasteiger partial charge in [-0.05, 0) is 24.7 Å². The molecule has 0 bridgehead atoms. The van der Waals surface area contributed by atoms with Gasteiger partial charge in [0.05, 0.1) is 6.10 Å². The average Bonchev–Trinajstić information content (AvgIpc) is 2.14. The first-order valence-electron chi connectivity index (χ1n) is 6.01. The summed E-state index contributed by atoms with van der Waals surface area (Å²) in [6.45, 7) is 13.3. The van der Waals surface area contributed by atoms with E-state index in [1.807, 2.05) is 6.92 Å². The lowest BCUT2D eigenvalue weighted by atomic mass is 9.77. The van der Waals surface area contributed by atoms with Crippen LogP contribution in [0.4, 0.5) is 0 Å². The smallest absolute Gasteiger partial charge is 0.149 e. The Balaban J connectivity index is 4.37. The summed E-state index contributed by atoms with van der Waals surface area (Å²) in [5, 5.41) is 0. The van der Waals surface area contributed by atoms with E-state index in [1.54, 1.807) is 0 Å². The molecule has 0 fully saturated rings. The first kappa shape index (κ1) is 15.1. The zero-order valence-electron chi connectivity index (χ0n) is 11.5. The third kappa shape index (κ3) is 5.69. The number of rotatable bonds is 6. The summed E-state index contributed by atoms with van der Waals surface area (Å²) in [7, 11) is 0.742. The molecule has 0 aliphatic rings. The minimum atomic E-state index is -0.0435. The monoisotopic (exact) mass is 232 g/mol. The SMILES string of the molecule is CCCC(OC(C)O[SiH3])C(C)C(C)(C)C. The van der Waals surface area contributed by atoms with Crippen molar-refractivity contribution in [3.8, 4) is 0 Å². The van der Waals surface area contributed by atoms with Gasteiger partial charge in [0.25, 0.3) is 0 Å². The number of ether oxygens (including phenoxy) is 1. The highest BCUT2D eigenvalue weighted by Crippen LogP contribution is 2.32. The third-order valence-corrected chi connectivity index (χ3v) is 3.86. The van der Waals surface area contributed by atoms with Crippen molar-refractivity contribution in [1.29, 1.82) is 0 Å². The highest BCUT2D eigenvalue weighted by Gasteiger charge is 2.29. The summed E-state index contributed by atoms with van der Waals surface area (Å²) in [4.78, 5) is 0. The van der Waals surface area contributed by atoms with Crippen molar-refractivity contribution in [1.82, 2.24) is 0 Å². The zero-order chi connectivity index (χ0) is 12.1. The van der Waals surface area contributed by atoms with E-state index in [0.29, 0.717) is 17.4 Å². The van der Waals surface area contributed by atoms with Crippen LogP contribution < -0.4 is 0 Å². The Kier molecular flexibility index (Phi) is 6.72. The Bertz CT molecular complexity index is 165. The Morgan fingerprint density at radius 2 is 1.73 bits per heavy atom. The highest BCUT2D eigenvalue weighted by atomic mass is 28.2. The van der Waals surface area contributed by atoms with Crippen molar-refractivity contribution < 1.29 is 9.16 Å². The van der Waals surface area contributed by atoms with E-state index in [9.17, 15) is 0 Å². The van der Waals surface area contributed by atoms with Crippen LogP contribution >= 0.6 is 0 Å².